The molecule has 8 heteroatoms. The lowest BCUT2D eigenvalue weighted by atomic mass is 10.2. The van der Waals surface area contributed by atoms with Crippen molar-refractivity contribution < 1.29 is 18.0 Å². The number of thiazole rings is 1. The van der Waals surface area contributed by atoms with Gasteiger partial charge in [0.25, 0.3) is 5.91 Å². The smallest absolute Gasteiger partial charge is 0.320 e. The van der Waals surface area contributed by atoms with Crippen LogP contribution < -0.4 is 5.32 Å². The molecule has 1 N–H and O–H groups in total. The molecule has 0 spiro atoms. The lowest BCUT2D eigenvalue weighted by molar-refractivity contribution is -0.137. The number of nitrogens with zero attached hydrogens (tertiary/aromatic N) is 1. The van der Waals surface area contributed by atoms with E-state index in [1.807, 2.05) is 0 Å². The summed E-state index contributed by atoms with van der Waals surface area (Å²) in [6, 6.07) is 3.06. The summed E-state index contributed by atoms with van der Waals surface area (Å²) in [4.78, 5) is 15.8. The molecule has 0 radical (unpaired) electrons. The second-order valence-corrected chi connectivity index (χ2v) is 5.25. The van der Waals surface area contributed by atoms with Crippen LogP contribution in [0.2, 0.25) is 0 Å². The van der Waals surface area contributed by atoms with Crippen molar-refractivity contribution in [3.63, 3.8) is 0 Å². The van der Waals surface area contributed by atoms with Crippen LogP contribution in [-0.4, -0.2) is 10.9 Å². The molecule has 2 aromatic rings. The fourth-order valence-electron chi connectivity index (χ4n) is 1.31. The number of hydrogen-bond acceptors (Lipinski definition) is 3. The van der Waals surface area contributed by atoms with E-state index >= 15 is 0 Å². The summed E-state index contributed by atoms with van der Waals surface area (Å²) in [6.45, 7) is 0. The number of carbonyl (C=O) groups excluding carboxylic acids is 1. The molecule has 0 aliphatic carbocycles. The summed E-state index contributed by atoms with van der Waals surface area (Å²) in [6.07, 6.45) is -3.10. The van der Waals surface area contributed by atoms with Gasteiger partial charge in [-0.1, -0.05) is 0 Å². The molecule has 3 nitrogen and oxygen atoms in total. The molecule has 0 aliphatic heterocycles. The zero-order valence-corrected chi connectivity index (χ0v) is 11.6. The third-order valence-electron chi connectivity index (χ3n) is 2.20. The summed E-state index contributed by atoms with van der Waals surface area (Å²) >= 11 is 4.20. The predicted molar refractivity (Wildman–Crippen MR) is 69.2 cm³/mol. The minimum Gasteiger partial charge on any atom is -0.320 e. The zero-order valence-electron chi connectivity index (χ0n) is 9.16. The van der Waals surface area contributed by atoms with Crippen LogP contribution in [0.1, 0.15) is 15.2 Å². The van der Waals surface area contributed by atoms with E-state index in [-0.39, 0.29) is 5.69 Å². The third-order valence-corrected chi connectivity index (χ3v) is 3.66. The fourth-order valence-corrected chi connectivity index (χ4v) is 2.17. The molecular weight excluding hydrogens is 345 g/mol. The van der Waals surface area contributed by atoms with Crippen molar-refractivity contribution in [2.45, 2.75) is 6.18 Å². The molecule has 0 atom stereocenters. The lowest BCUT2D eigenvalue weighted by Gasteiger charge is -2.11. The van der Waals surface area contributed by atoms with Gasteiger partial charge in [-0.3, -0.25) is 9.78 Å². The van der Waals surface area contributed by atoms with Crippen LogP contribution in [0.3, 0.4) is 0 Å². The molecule has 0 bridgehead atoms. The highest BCUT2D eigenvalue weighted by Gasteiger charge is 2.31. The van der Waals surface area contributed by atoms with Gasteiger partial charge in [0.05, 0.1) is 23.0 Å². The molecule has 1 heterocycles. The highest BCUT2D eigenvalue weighted by atomic mass is 79.9. The van der Waals surface area contributed by atoms with Crippen molar-refractivity contribution in [2.24, 2.45) is 0 Å². The predicted octanol–water partition coefficient (Wildman–Crippen LogP) is 4.18. The van der Waals surface area contributed by atoms with Crippen LogP contribution in [0.5, 0.6) is 0 Å². The average Bonchev–Trinajstić information content (AvgIpc) is 2.84. The van der Waals surface area contributed by atoms with Crippen LogP contribution in [0, 0.1) is 0 Å². The van der Waals surface area contributed by atoms with Crippen molar-refractivity contribution in [1.82, 2.24) is 4.98 Å². The number of rotatable bonds is 2. The Balaban J connectivity index is 2.27. The molecule has 0 saturated carbocycles. The maximum absolute atomic E-state index is 12.6. The van der Waals surface area contributed by atoms with E-state index in [9.17, 15) is 18.0 Å². The first-order valence-electron chi connectivity index (χ1n) is 4.94. The minimum absolute atomic E-state index is 0.0632. The molecular formula is C11H6BrF3N2OS. The van der Waals surface area contributed by atoms with Gasteiger partial charge in [-0.05, 0) is 34.1 Å². The number of alkyl halides is 3. The van der Waals surface area contributed by atoms with Gasteiger partial charge >= 0.3 is 6.18 Å². The van der Waals surface area contributed by atoms with Crippen LogP contribution >= 0.6 is 27.3 Å². The minimum atomic E-state index is -4.45. The first-order chi connectivity index (χ1) is 8.88. The fraction of sp³-hybridized carbons (Fsp3) is 0.0909. The summed E-state index contributed by atoms with van der Waals surface area (Å²) in [5, 5.41) is 2.41. The Kier molecular flexibility index (Phi) is 3.91. The number of carbonyl (C=O) groups is 1. The Morgan fingerprint density at radius 3 is 2.68 bits per heavy atom. The second-order valence-electron chi connectivity index (χ2n) is 3.51. The van der Waals surface area contributed by atoms with E-state index in [0.29, 0.717) is 9.35 Å². The maximum atomic E-state index is 12.6. The van der Waals surface area contributed by atoms with E-state index in [4.69, 9.17) is 0 Å². The third kappa shape index (κ3) is 3.32. The summed E-state index contributed by atoms with van der Waals surface area (Å²) in [7, 11) is 0. The molecule has 100 valence electrons. The molecule has 0 unspecified atom stereocenters. The SMILES string of the molecule is O=C(Nc1cc(C(F)(F)F)ccc1Br)c1cncs1. The molecule has 1 amide bonds. The topological polar surface area (TPSA) is 42.0 Å². The number of halogens is 4. The lowest BCUT2D eigenvalue weighted by Crippen LogP contribution is -2.12. The van der Waals surface area contributed by atoms with Gasteiger partial charge in [0.1, 0.15) is 4.88 Å². The van der Waals surface area contributed by atoms with Crippen LogP contribution in [0.4, 0.5) is 18.9 Å². The van der Waals surface area contributed by atoms with Crippen molar-refractivity contribution in [3.8, 4) is 0 Å². The van der Waals surface area contributed by atoms with Crippen molar-refractivity contribution in [1.29, 1.82) is 0 Å². The number of amides is 1. The maximum Gasteiger partial charge on any atom is 0.416 e. The number of nitrogens with one attached hydrogen (secondary N) is 1. The Hall–Kier alpha value is -1.41. The molecule has 1 aromatic carbocycles. The largest absolute Gasteiger partial charge is 0.416 e. The van der Waals surface area contributed by atoms with E-state index in [0.717, 1.165) is 23.5 Å². The normalized spacial score (nSPS) is 11.4. The summed E-state index contributed by atoms with van der Waals surface area (Å²) in [5.74, 6) is -0.498. The molecule has 0 aliphatic rings. The zero-order chi connectivity index (χ0) is 14.0. The van der Waals surface area contributed by atoms with Gasteiger partial charge in [-0.2, -0.15) is 13.2 Å². The highest BCUT2D eigenvalue weighted by molar-refractivity contribution is 9.10. The number of anilines is 1. The van der Waals surface area contributed by atoms with E-state index in [2.05, 4.69) is 26.2 Å². The van der Waals surface area contributed by atoms with Gasteiger partial charge < -0.3 is 5.32 Å². The summed E-state index contributed by atoms with van der Waals surface area (Å²) in [5.41, 5.74) is 0.708. The second kappa shape index (κ2) is 5.30. The van der Waals surface area contributed by atoms with Crippen molar-refractivity contribution in [2.75, 3.05) is 5.32 Å². The molecule has 19 heavy (non-hydrogen) atoms. The molecule has 0 saturated heterocycles. The van der Waals surface area contributed by atoms with Gasteiger partial charge in [-0.25, -0.2) is 0 Å². The number of benzene rings is 1. The van der Waals surface area contributed by atoms with E-state index < -0.39 is 17.6 Å². The first-order valence-corrected chi connectivity index (χ1v) is 6.62. The number of hydrogen-bond donors (Lipinski definition) is 1. The van der Waals surface area contributed by atoms with Crippen molar-refractivity contribution in [3.05, 3.63) is 44.8 Å². The highest BCUT2D eigenvalue weighted by Crippen LogP contribution is 2.34. The molecule has 1 aromatic heterocycles. The van der Waals surface area contributed by atoms with Gasteiger partial charge in [0, 0.05) is 4.47 Å². The molecule has 2 rings (SSSR count). The summed E-state index contributed by atoms with van der Waals surface area (Å²) < 4.78 is 38.1. The van der Waals surface area contributed by atoms with E-state index in [1.54, 1.807) is 0 Å². The van der Waals surface area contributed by atoms with Crippen LogP contribution in [0.25, 0.3) is 0 Å². The van der Waals surface area contributed by atoms with Gasteiger partial charge in [0.2, 0.25) is 0 Å². The Labute approximate surface area is 118 Å². The Bertz CT molecular complexity index is 598. The quantitative estimate of drug-likeness (QED) is 0.882. The van der Waals surface area contributed by atoms with Crippen LogP contribution in [-0.2, 0) is 6.18 Å². The van der Waals surface area contributed by atoms with E-state index in [1.165, 1.54) is 17.8 Å². The Morgan fingerprint density at radius 2 is 2.11 bits per heavy atom. The standard InChI is InChI=1S/C11H6BrF3N2OS/c12-7-2-1-6(11(13,14)15)3-8(7)17-10(18)9-4-16-5-19-9/h1-5H,(H,17,18). The first kappa shape index (κ1) is 14.0. The van der Waals surface area contributed by atoms with Gasteiger partial charge in [-0.15, -0.1) is 11.3 Å². The average molecular weight is 351 g/mol. The van der Waals surface area contributed by atoms with Crippen molar-refractivity contribution >= 4 is 38.9 Å². The Morgan fingerprint density at radius 1 is 1.37 bits per heavy atom. The van der Waals surface area contributed by atoms with Crippen LogP contribution in [0.15, 0.2) is 34.4 Å². The van der Waals surface area contributed by atoms with Gasteiger partial charge in [0.15, 0.2) is 0 Å². The molecule has 0 fully saturated rings. The monoisotopic (exact) mass is 350 g/mol. The number of aromatic nitrogens is 1.